The largest absolute Gasteiger partial charge is 0.487 e. The molecule has 16 nitrogen and oxygen atoms in total. The summed E-state index contributed by atoms with van der Waals surface area (Å²) in [7, 11) is 1.88. The maximum absolute atomic E-state index is 9.67. The predicted octanol–water partition coefficient (Wildman–Crippen LogP) is 3.54. The van der Waals surface area contributed by atoms with Crippen LogP contribution in [0.4, 0.5) is 11.6 Å². The first-order valence-electron chi connectivity index (χ1n) is 16.5. The summed E-state index contributed by atoms with van der Waals surface area (Å²) in [6.07, 6.45) is 12.9. The fourth-order valence-electron chi connectivity index (χ4n) is 6.40. The maximum atomic E-state index is 9.67. The Morgan fingerprint density at radius 2 is 1.84 bits per heavy atom. The van der Waals surface area contributed by atoms with Crippen LogP contribution >= 0.6 is 0 Å². The lowest BCUT2D eigenvalue weighted by atomic mass is 9.90. The van der Waals surface area contributed by atoms with Crippen LogP contribution in [0.1, 0.15) is 49.9 Å². The number of hydrogen-bond acceptors (Lipinski definition) is 13. The van der Waals surface area contributed by atoms with Crippen LogP contribution in [-0.2, 0) is 24.9 Å². The van der Waals surface area contributed by atoms with E-state index in [0.717, 1.165) is 68.8 Å². The molecule has 4 aromatic heterocycles. The molecule has 5 aromatic rings. The molecule has 1 saturated carbocycles. The maximum Gasteiger partial charge on any atom is 0.257 e. The van der Waals surface area contributed by atoms with E-state index in [1.807, 2.05) is 49.2 Å². The van der Waals surface area contributed by atoms with E-state index >= 15 is 0 Å². The molecule has 16 heteroatoms. The van der Waals surface area contributed by atoms with E-state index in [-0.39, 0.29) is 18.8 Å². The van der Waals surface area contributed by atoms with Gasteiger partial charge in [-0.1, -0.05) is 6.07 Å². The number of tetrazole rings is 1. The molecule has 0 bridgehead atoms. The van der Waals surface area contributed by atoms with E-state index in [0.29, 0.717) is 41.4 Å². The van der Waals surface area contributed by atoms with E-state index in [1.54, 1.807) is 27.8 Å². The average Bonchev–Trinajstić information content (AvgIpc) is 3.90. The van der Waals surface area contributed by atoms with Gasteiger partial charge < -0.3 is 19.5 Å². The minimum Gasteiger partial charge on any atom is -0.487 e. The highest BCUT2D eigenvalue weighted by atomic mass is 16.5. The number of rotatable bonds is 12. The normalized spacial score (nSPS) is 18.9. The molecule has 7 rings (SSSR count). The zero-order valence-electron chi connectivity index (χ0n) is 27.6. The van der Waals surface area contributed by atoms with Crippen molar-refractivity contribution >= 4 is 11.6 Å². The first-order chi connectivity index (χ1) is 24.0. The molecule has 0 radical (unpaired) electrons. The number of benzene rings is 1. The van der Waals surface area contributed by atoms with Gasteiger partial charge in [-0.3, -0.25) is 14.3 Å². The minimum absolute atomic E-state index is 0.275. The van der Waals surface area contributed by atoms with Crippen LogP contribution < -0.4 is 14.8 Å². The van der Waals surface area contributed by atoms with Gasteiger partial charge in [0, 0.05) is 50.3 Å². The fourth-order valence-corrected chi connectivity index (χ4v) is 6.40. The van der Waals surface area contributed by atoms with Gasteiger partial charge >= 0.3 is 0 Å². The second kappa shape index (κ2) is 14.8. The van der Waals surface area contributed by atoms with Gasteiger partial charge in [-0.2, -0.15) is 10.4 Å². The molecule has 1 aromatic carbocycles. The third-order valence-electron chi connectivity index (χ3n) is 8.92. The van der Waals surface area contributed by atoms with Gasteiger partial charge in [0.2, 0.25) is 5.95 Å². The van der Waals surface area contributed by atoms with Gasteiger partial charge in [0.15, 0.2) is 0 Å². The van der Waals surface area contributed by atoms with Crippen molar-refractivity contribution < 1.29 is 14.2 Å². The van der Waals surface area contributed by atoms with Crippen LogP contribution in [0.3, 0.4) is 0 Å². The number of nitriles is 1. The molecule has 2 aliphatic rings. The SMILES string of the molecule is C[C@@H](Cn1cnnn1)Oc1cc(-c2cnc(Nc3cn(C4CCC(N5CCOCC5)CC4)nc3OCc3ccn(C)n3)nc2)ccc1C#N. The number of anilines is 2. The quantitative estimate of drug-likeness (QED) is 0.205. The molecule has 254 valence electrons. The van der Waals surface area contributed by atoms with Crippen molar-refractivity contribution in [2.75, 3.05) is 31.6 Å². The highest BCUT2D eigenvalue weighted by Gasteiger charge is 2.29. The smallest absolute Gasteiger partial charge is 0.257 e. The summed E-state index contributed by atoms with van der Waals surface area (Å²) >= 11 is 0. The van der Waals surface area contributed by atoms with Crippen molar-refractivity contribution in [2.24, 2.45) is 7.05 Å². The Kier molecular flexibility index (Phi) is 9.71. The molecule has 1 aliphatic carbocycles. The Labute approximate surface area is 283 Å². The Morgan fingerprint density at radius 3 is 2.55 bits per heavy atom. The van der Waals surface area contributed by atoms with Gasteiger partial charge in [-0.15, -0.1) is 10.2 Å². The van der Waals surface area contributed by atoms with Gasteiger partial charge in [0.25, 0.3) is 5.88 Å². The van der Waals surface area contributed by atoms with Crippen LogP contribution in [-0.4, -0.2) is 93.1 Å². The lowest BCUT2D eigenvalue weighted by Crippen LogP contribution is -2.45. The van der Waals surface area contributed by atoms with Gasteiger partial charge in [-0.25, -0.2) is 14.6 Å². The summed E-state index contributed by atoms with van der Waals surface area (Å²) in [6, 6.07) is 10.4. The second-order valence-electron chi connectivity index (χ2n) is 12.4. The molecule has 1 N–H and O–H groups in total. The summed E-state index contributed by atoms with van der Waals surface area (Å²) in [5.41, 5.74) is 3.51. The summed E-state index contributed by atoms with van der Waals surface area (Å²) < 4.78 is 23.2. The number of morpholine rings is 1. The molecular weight excluding hydrogens is 626 g/mol. The standard InChI is InChI=1S/C33H39N13O3/c1-23(19-45-22-37-41-42-45)49-31-15-24(3-4-25(31)16-34)26-17-35-33(36-18-26)38-30-20-46(40-32(30)48-21-27-9-10-43(2)39-27)29-7-5-28(6-8-29)44-11-13-47-14-12-44/h3-4,9-10,15,17-18,20,22-23,28-29H,5-8,11-14,19,21H2,1-2H3,(H,35,36,38)/t23-,28?,29?/m0/s1. The number of nitrogens with one attached hydrogen (secondary N) is 1. The highest BCUT2D eigenvalue weighted by Crippen LogP contribution is 2.35. The summed E-state index contributed by atoms with van der Waals surface area (Å²) in [5, 5.41) is 33.5. The van der Waals surface area contributed by atoms with Crippen LogP contribution in [0.2, 0.25) is 0 Å². The molecular formula is C33H39N13O3. The molecule has 1 atom stereocenters. The average molecular weight is 666 g/mol. The Hall–Kier alpha value is -5.40. The minimum atomic E-state index is -0.275. The van der Waals surface area contributed by atoms with Crippen molar-refractivity contribution in [3.63, 3.8) is 0 Å². The molecule has 0 spiro atoms. The third kappa shape index (κ3) is 7.85. The van der Waals surface area contributed by atoms with Crippen LogP contribution in [0, 0.1) is 11.3 Å². The van der Waals surface area contributed by atoms with Crippen LogP contribution in [0.25, 0.3) is 11.1 Å². The third-order valence-corrected chi connectivity index (χ3v) is 8.92. The molecule has 49 heavy (non-hydrogen) atoms. The summed E-state index contributed by atoms with van der Waals surface area (Å²) in [6.45, 7) is 6.28. The summed E-state index contributed by atoms with van der Waals surface area (Å²) in [4.78, 5) is 11.8. The second-order valence-corrected chi connectivity index (χ2v) is 12.4. The van der Waals surface area contributed by atoms with Crippen LogP contribution in [0.15, 0.2) is 55.4 Å². The van der Waals surface area contributed by atoms with Crippen LogP contribution in [0.5, 0.6) is 11.6 Å². The zero-order chi connectivity index (χ0) is 33.6. The first kappa shape index (κ1) is 32.2. The molecule has 1 aliphatic heterocycles. The molecule has 2 fully saturated rings. The highest BCUT2D eigenvalue weighted by molar-refractivity contribution is 5.67. The van der Waals surface area contributed by atoms with E-state index in [1.165, 1.54) is 6.33 Å². The number of hydrogen-bond donors (Lipinski definition) is 1. The van der Waals surface area contributed by atoms with E-state index < -0.39 is 0 Å². The Morgan fingerprint density at radius 1 is 1.04 bits per heavy atom. The van der Waals surface area contributed by atoms with Crippen molar-refractivity contribution in [3.05, 3.63) is 66.6 Å². The fraction of sp³-hybridized carbons (Fsp3) is 0.455. The van der Waals surface area contributed by atoms with Gasteiger partial charge in [-0.05, 0) is 66.8 Å². The predicted molar refractivity (Wildman–Crippen MR) is 177 cm³/mol. The van der Waals surface area contributed by atoms with Gasteiger partial charge in [0.05, 0.1) is 43.3 Å². The van der Waals surface area contributed by atoms with Crippen molar-refractivity contribution in [1.82, 2.24) is 54.6 Å². The molecule has 0 amide bonds. The Bertz CT molecular complexity index is 1850. The first-order valence-corrected chi connectivity index (χ1v) is 16.5. The molecule has 1 saturated heterocycles. The van der Waals surface area contributed by atoms with Crippen molar-refractivity contribution in [1.29, 1.82) is 5.26 Å². The van der Waals surface area contributed by atoms with Crippen molar-refractivity contribution in [3.8, 4) is 28.8 Å². The van der Waals surface area contributed by atoms with Crippen molar-refractivity contribution in [2.45, 2.75) is 63.9 Å². The summed E-state index contributed by atoms with van der Waals surface area (Å²) in [5.74, 6) is 1.34. The lowest BCUT2D eigenvalue weighted by Gasteiger charge is -2.38. The number of aryl methyl sites for hydroxylation is 1. The molecule has 0 unspecified atom stereocenters. The monoisotopic (exact) mass is 665 g/mol. The Balaban J connectivity index is 1.05. The van der Waals surface area contributed by atoms with E-state index in [4.69, 9.17) is 19.3 Å². The lowest BCUT2D eigenvalue weighted by molar-refractivity contribution is 0.00502. The number of aromatic nitrogens is 10. The number of nitrogens with zero attached hydrogens (tertiary/aromatic N) is 12. The van der Waals surface area contributed by atoms with E-state index in [2.05, 4.69) is 46.9 Å². The number of ether oxygens (including phenoxy) is 3. The molecule has 5 heterocycles. The zero-order valence-corrected chi connectivity index (χ0v) is 27.6. The van der Waals surface area contributed by atoms with Gasteiger partial charge in [0.1, 0.15) is 36.5 Å². The topological polar surface area (TPSA) is 172 Å². The van der Waals surface area contributed by atoms with E-state index in [9.17, 15) is 5.26 Å².